The molecule has 0 radical (unpaired) electrons. The van der Waals surface area contributed by atoms with Crippen molar-refractivity contribution in [2.75, 3.05) is 13.1 Å². The first-order chi connectivity index (χ1) is 8.41. The zero-order chi connectivity index (χ0) is 13.7. The summed E-state index contributed by atoms with van der Waals surface area (Å²) in [5.41, 5.74) is 0.138. The molecule has 1 aromatic heterocycles. The monoisotopic (exact) mass is 250 g/mol. The van der Waals surface area contributed by atoms with E-state index < -0.39 is 0 Å². The number of carbonyl (C=O) groups excluding carboxylic acids is 1. The lowest BCUT2D eigenvalue weighted by Crippen LogP contribution is -2.37. The van der Waals surface area contributed by atoms with E-state index in [4.69, 9.17) is 0 Å². The number of nitrogens with zero attached hydrogens (tertiary/aromatic N) is 2. The maximum atomic E-state index is 12.3. The molecule has 4 heteroatoms. The van der Waals surface area contributed by atoms with E-state index in [9.17, 15) is 9.90 Å². The van der Waals surface area contributed by atoms with Gasteiger partial charge in [-0.25, -0.2) is 4.98 Å². The molecular weight excluding hydrogens is 228 g/mol. The van der Waals surface area contributed by atoms with E-state index in [2.05, 4.69) is 32.7 Å². The second-order valence-corrected chi connectivity index (χ2v) is 5.37. The van der Waals surface area contributed by atoms with E-state index in [1.807, 2.05) is 0 Å². The molecule has 100 valence electrons. The first-order valence-electron chi connectivity index (χ1n) is 6.35. The Morgan fingerprint density at radius 2 is 1.83 bits per heavy atom. The van der Waals surface area contributed by atoms with Gasteiger partial charge in [0.15, 0.2) is 5.69 Å². The minimum absolute atomic E-state index is 0.0555. The molecule has 0 saturated heterocycles. The van der Waals surface area contributed by atoms with E-state index >= 15 is 0 Å². The third-order valence-corrected chi connectivity index (χ3v) is 2.45. The highest BCUT2D eigenvalue weighted by molar-refractivity contribution is 5.94. The lowest BCUT2D eigenvalue weighted by Gasteiger charge is -2.26. The van der Waals surface area contributed by atoms with Crippen molar-refractivity contribution in [3.05, 3.63) is 24.0 Å². The Balaban J connectivity index is 2.91. The summed E-state index contributed by atoms with van der Waals surface area (Å²) in [7, 11) is 0. The minimum Gasteiger partial charge on any atom is -0.505 e. The van der Waals surface area contributed by atoms with Crippen LogP contribution in [0.2, 0.25) is 0 Å². The van der Waals surface area contributed by atoms with Gasteiger partial charge in [-0.2, -0.15) is 0 Å². The summed E-state index contributed by atoms with van der Waals surface area (Å²) < 4.78 is 0. The van der Waals surface area contributed by atoms with Gasteiger partial charge < -0.3 is 10.0 Å². The maximum absolute atomic E-state index is 12.3. The van der Waals surface area contributed by atoms with Gasteiger partial charge >= 0.3 is 0 Å². The van der Waals surface area contributed by atoms with Crippen LogP contribution in [-0.4, -0.2) is 34.0 Å². The molecule has 1 amide bonds. The Labute approximate surface area is 109 Å². The first-order valence-corrected chi connectivity index (χ1v) is 6.35. The number of rotatable bonds is 5. The average molecular weight is 250 g/mol. The molecule has 0 spiro atoms. The predicted molar refractivity (Wildman–Crippen MR) is 71.5 cm³/mol. The van der Waals surface area contributed by atoms with Crippen molar-refractivity contribution in [1.82, 2.24) is 9.88 Å². The van der Waals surface area contributed by atoms with Crippen molar-refractivity contribution in [3.8, 4) is 5.75 Å². The Hall–Kier alpha value is -1.58. The van der Waals surface area contributed by atoms with Crippen LogP contribution in [0.4, 0.5) is 0 Å². The fourth-order valence-electron chi connectivity index (χ4n) is 1.83. The van der Waals surface area contributed by atoms with Crippen LogP contribution < -0.4 is 0 Å². The molecule has 0 bridgehead atoms. The van der Waals surface area contributed by atoms with Gasteiger partial charge in [0.2, 0.25) is 0 Å². The quantitative estimate of drug-likeness (QED) is 0.873. The van der Waals surface area contributed by atoms with Crippen LogP contribution in [0.3, 0.4) is 0 Å². The van der Waals surface area contributed by atoms with Crippen LogP contribution in [0.15, 0.2) is 18.3 Å². The Kier molecular flexibility index (Phi) is 5.13. The molecule has 0 aliphatic carbocycles. The standard InChI is InChI=1S/C14H22N2O2/c1-10(2)8-16(9-11(3)4)14(18)13-12(17)6-5-7-15-13/h5-7,10-11,17H,8-9H2,1-4H3. The molecule has 0 atom stereocenters. The van der Waals surface area contributed by atoms with Crippen LogP contribution in [0.5, 0.6) is 5.75 Å². The zero-order valence-corrected chi connectivity index (χ0v) is 11.6. The lowest BCUT2D eigenvalue weighted by atomic mass is 10.1. The molecule has 0 aromatic carbocycles. The summed E-state index contributed by atoms with van der Waals surface area (Å²) in [5, 5.41) is 9.69. The van der Waals surface area contributed by atoms with Crippen LogP contribution >= 0.6 is 0 Å². The number of carbonyl (C=O) groups is 1. The van der Waals surface area contributed by atoms with Gasteiger partial charge in [0.25, 0.3) is 5.91 Å². The fraction of sp³-hybridized carbons (Fsp3) is 0.571. The highest BCUT2D eigenvalue weighted by Crippen LogP contribution is 2.16. The van der Waals surface area contributed by atoms with Gasteiger partial charge in [-0.05, 0) is 24.0 Å². The molecule has 1 aromatic rings. The normalized spacial score (nSPS) is 11.0. The predicted octanol–water partition coefficient (Wildman–Crippen LogP) is 2.54. The molecule has 0 fully saturated rings. The van der Waals surface area contributed by atoms with Crippen molar-refractivity contribution in [2.24, 2.45) is 11.8 Å². The fourth-order valence-corrected chi connectivity index (χ4v) is 1.83. The number of pyridine rings is 1. The smallest absolute Gasteiger partial charge is 0.276 e. The zero-order valence-electron chi connectivity index (χ0n) is 11.6. The second-order valence-electron chi connectivity index (χ2n) is 5.37. The molecule has 0 saturated carbocycles. The Morgan fingerprint density at radius 1 is 1.28 bits per heavy atom. The van der Waals surface area contributed by atoms with Crippen molar-refractivity contribution >= 4 is 5.91 Å². The SMILES string of the molecule is CC(C)CN(CC(C)C)C(=O)c1ncccc1O. The number of aromatic nitrogens is 1. The van der Waals surface area contributed by atoms with Gasteiger partial charge in [-0.3, -0.25) is 4.79 Å². The van der Waals surface area contributed by atoms with Crippen LogP contribution in [0.1, 0.15) is 38.2 Å². The molecule has 18 heavy (non-hydrogen) atoms. The molecule has 1 rings (SSSR count). The van der Waals surface area contributed by atoms with Crippen LogP contribution in [0.25, 0.3) is 0 Å². The van der Waals surface area contributed by atoms with Gasteiger partial charge in [0.1, 0.15) is 5.75 Å². The van der Waals surface area contributed by atoms with Crippen LogP contribution in [0, 0.1) is 11.8 Å². The second kappa shape index (κ2) is 6.38. The van der Waals surface area contributed by atoms with Gasteiger partial charge in [0.05, 0.1) is 0 Å². The van der Waals surface area contributed by atoms with E-state index in [0.717, 1.165) is 0 Å². The Bertz CT molecular complexity index is 393. The van der Waals surface area contributed by atoms with Crippen molar-refractivity contribution < 1.29 is 9.90 Å². The number of amides is 1. The number of hydrogen-bond acceptors (Lipinski definition) is 3. The summed E-state index contributed by atoms with van der Waals surface area (Å²) in [6.07, 6.45) is 1.52. The van der Waals surface area contributed by atoms with Gasteiger partial charge in [-0.15, -0.1) is 0 Å². The number of aromatic hydroxyl groups is 1. The summed E-state index contributed by atoms with van der Waals surface area (Å²) in [6, 6.07) is 3.10. The maximum Gasteiger partial charge on any atom is 0.276 e. The van der Waals surface area contributed by atoms with E-state index in [-0.39, 0.29) is 17.4 Å². The van der Waals surface area contributed by atoms with Gasteiger partial charge in [-0.1, -0.05) is 27.7 Å². The number of hydrogen-bond donors (Lipinski definition) is 1. The summed E-state index contributed by atoms with van der Waals surface area (Å²) in [5.74, 6) is 0.521. The largest absolute Gasteiger partial charge is 0.505 e. The third-order valence-electron chi connectivity index (χ3n) is 2.45. The first kappa shape index (κ1) is 14.5. The van der Waals surface area contributed by atoms with E-state index in [1.165, 1.54) is 12.3 Å². The van der Waals surface area contributed by atoms with E-state index in [1.54, 1.807) is 11.0 Å². The molecular formula is C14H22N2O2. The van der Waals surface area contributed by atoms with Crippen molar-refractivity contribution in [3.63, 3.8) is 0 Å². The summed E-state index contributed by atoms with van der Waals surface area (Å²) in [6.45, 7) is 9.62. The van der Waals surface area contributed by atoms with Crippen molar-refractivity contribution in [2.45, 2.75) is 27.7 Å². The molecule has 1 N–H and O–H groups in total. The lowest BCUT2D eigenvalue weighted by molar-refractivity contribution is 0.0705. The average Bonchev–Trinajstić information content (AvgIpc) is 2.26. The molecule has 0 aliphatic heterocycles. The molecule has 0 aliphatic rings. The molecule has 1 heterocycles. The van der Waals surface area contributed by atoms with Crippen molar-refractivity contribution in [1.29, 1.82) is 0 Å². The summed E-state index contributed by atoms with van der Waals surface area (Å²) >= 11 is 0. The topological polar surface area (TPSA) is 53.4 Å². The summed E-state index contributed by atoms with van der Waals surface area (Å²) in [4.78, 5) is 18.1. The highest BCUT2D eigenvalue weighted by Gasteiger charge is 2.21. The van der Waals surface area contributed by atoms with Crippen LogP contribution in [-0.2, 0) is 0 Å². The molecule has 4 nitrogen and oxygen atoms in total. The molecule has 0 unspecified atom stereocenters. The minimum atomic E-state index is -0.199. The Morgan fingerprint density at radius 3 is 2.28 bits per heavy atom. The highest BCUT2D eigenvalue weighted by atomic mass is 16.3. The third kappa shape index (κ3) is 4.02. The van der Waals surface area contributed by atoms with E-state index in [0.29, 0.717) is 24.9 Å². The van der Waals surface area contributed by atoms with Gasteiger partial charge in [0, 0.05) is 19.3 Å².